The Morgan fingerprint density at radius 1 is 1.33 bits per heavy atom. The lowest BCUT2D eigenvalue weighted by Gasteiger charge is -2.13. The number of hydrogen-bond donors (Lipinski definition) is 1. The largest absolute Gasteiger partial charge is 0.465 e. The van der Waals surface area contributed by atoms with Crippen LogP contribution in [-0.4, -0.2) is 48.0 Å². The average Bonchev–Trinajstić information content (AvgIpc) is 2.90. The van der Waals surface area contributed by atoms with Gasteiger partial charge in [-0.2, -0.15) is 0 Å². The van der Waals surface area contributed by atoms with Crippen LogP contribution in [-0.2, 0) is 9.53 Å². The summed E-state index contributed by atoms with van der Waals surface area (Å²) < 4.78 is 4.60. The first kappa shape index (κ1) is 15.4. The lowest BCUT2D eigenvalue weighted by molar-refractivity contribution is -0.116. The highest BCUT2D eigenvalue weighted by molar-refractivity contribution is 8.13. The van der Waals surface area contributed by atoms with Crippen molar-refractivity contribution in [1.82, 2.24) is 4.90 Å². The molecular weight excluding hydrogens is 292 g/mol. The van der Waals surface area contributed by atoms with Crippen LogP contribution in [0.15, 0.2) is 24.3 Å². The maximum absolute atomic E-state index is 11.8. The fourth-order valence-corrected chi connectivity index (χ4v) is 2.75. The van der Waals surface area contributed by atoms with Crippen molar-refractivity contribution in [3.05, 3.63) is 29.8 Å². The van der Waals surface area contributed by atoms with Crippen LogP contribution in [0.1, 0.15) is 16.8 Å². The first-order valence-electron chi connectivity index (χ1n) is 6.50. The molecule has 1 heterocycles. The van der Waals surface area contributed by atoms with Gasteiger partial charge in [0, 0.05) is 31.0 Å². The van der Waals surface area contributed by atoms with Crippen molar-refractivity contribution in [2.75, 3.05) is 31.3 Å². The summed E-state index contributed by atoms with van der Waals surface area (Å²) >= 11 is 1.28. The second kappa shape index (κ2) is 7.12. The summed E-state index contributed by atoms with van der Waals surface area (Å²) in [6.07, 6.45) is 0.255. The van der Waals surface area contributed by atoms with Crippen LogP contribution in [0.3, 0.4) is 0 Å². The summed E-state index contributed by atoms with van der Waals surface area (Å²) in [6.45, 7) is 1.13. The molecule has 1 aliphatic rings. The van der Waals surface area contributed by atoms with Gasteiger partial charge in [-0.3, -0.25) is 9.59 Å². The summed E-state index contributed by atoms with van der Waals surface area (Å²) in [7, 11) is 1.32. The summed E-state index contributed by atoms with van der Waals surface area (Å²) in [5, 5.41) is 2.76. The van der Waals surface area contributed by atoms with E-state index in [0.717, 1.165) is 5.75 Å². The van der Waals surface area contributed by atoms with Gasteiger partial charge in [0.05, 0.1) is 12.7 Å². The number of carbonyl (C=O) groups excluding carboxylic acids is 3. The minimum Gasteiger partial charge on any atom is -0.465 e. The van der Waals surface area contributed by atoms with Gasteiger partial charge in [-0.25, -0.2) is 4.79 Å². The van der Waals surface area contributed by atoms with Gasteiger partial charge in [-0.1, -0.05) is 11.8 Å². The number of hydrogen-bond acceptors (Lipinski definition) is 5. The smallest absolute Gasteiger partial charge is 0.337 e. The predicted octanol–water partition coefficient (Wildman–Crippen LogP) is 1.97. The van der Waals surface area contributed by atoms with Crippen LogP contribution >= 0.6 is 11.8 Å². The predicted molar refractivity (Wildman–Crippen MR) is 80.5 cm³/mol. The number of nitrogens with one attached hydrogen (secondary N) is 1. The molecule has 1 N–H and O–H groups in total. The number of thioether (sulfide) groups is 1. The van der Waals surface area contributed by atoms with Crippen molar-refractivity contribution < 1.29 is 19.1 Å². The van der Waals surface area contributed by atoms with Crippen LogP contribution in [0.5, 0.6) is 0 Å². The molecule has 7 heteroatoms. The van der Waals surface area contributed by atoms with Crippen molar-refractivity contribution in [2.45, 2.75) is 6.42 Å². The van der Waals surface area contributed by atoms with Crippen LogP contribution in [0.2, 0.25) is 0 Å². The zero-order valence-corrected chi connectivity index (χ0v) is 12.4. The molecule has 6 nitrogen and oxygen atoms in total. The van der Waals surface area contributed by atoms with E-state index in [-0.39, 0.29) is 17.6 Å². The monoisotopic (exact) mass is 308 g/mol. The maximum Gasteiger partial charge on any atom is 0.337 e. The Hall–Kier alpha value is -2.02. The third-order valence-corrected chi connectivity index (χ3v) is 3.94. The quantitative estimate of drug-likeness (QED) is 0.842. The molecule has 1 saturated heterocycles. The van der Waals surface area contributed by atoms with Gasteiger partial charge < -0.3 is 15.0 Å². The standard InChI is InChI=1S/C14H16N2O4S/c1-20-13(18)10-2-4-11(5-3-10)15-12(17)6-7-16-8-9-21-14(16)19/h2-5H,6-9H2,1H3,(H,15,17). The first-order valence-corrected chi connectivity index (χ1v) is 7.48. The Bertz CT molecular complexity index is 544. The van der Waals surface area contributed by atoms with Gasteiger partial charge in [0.1, 0.15) is 0 Å². The third kappa shape index (κ3) is 4.22. The number of benzene rings is 1. The molecule has 0 spiro atoms. The van der Waals surface area contributed by atoms with E-state index >= 15 is 0 Å². The number of rotatable bonds is 5. The van der Waals surface area contributed by atoms with Crippen molar-refractivity contribution in [2.24, 2.45) is 0 Å². The molecule has 0 unspecified atom stereocenters. The van der Waals surface area contributed by atoms with Crippen molar-refractivity contribution in [1.29, 1.82) is 0 Å². The fraction of sp³-hybridized carbons (Fsp3) is 0.357. The third-order valence-electron chi connectivity index (χ3n) is 3.04. The Balaban J connectivity index is 1.82. The maximum atomic E-state index is 11.8. The molecule has 0 aromatic heterocycles. The van der Waals surface area contributed by atoms with E-state index in [1.54, 1.807) is 29.2 Å². The highest BCUT2D eigenvalue weighted by atomic mass is 32.2. The van der Waals surface area contributed by atoms with E-state index in [9.17, 15) is 14.4 Å². The van der Waals surface area contributed by atoms with E-state index in [0.29, 0.717) is 24.3 Å². The number of ether oxygens (including phenoxy) is 1. The molecule has 1 fully saturated rings. The minimum atomic E-state index is -0.419. The lowest BCUT2D eigenvalue weighted by Crippen LogP contribution is -2.27. The van der Waals surface area contributed by atoms with E-state index in [4.69, 9.17) is 0 Å². The van der Waals surface area contributed by atoms with Gasteiger partial charge in [-0.15, -0.1) is 0 Å². The van der Waals surface area contributed by atoms with Gasteiger partial charge >= 0.3 is 5.97 Å². The van der Waals surface area contributed by atoms with Crippen molar-refractivity contribution in [3.63, 3.8) is 0 Å². The summed E-state index contributed by atoms with van der Waals surface area (Å²) in [5.74, 6) is 0.207. The Kier molecular flexibility index (Phi) is 5.21. The molecule has 0 bridgehead atoms. The van der Waals surface area contributed by atoms with Gasteiger partial charge in [0.2, 0.25) is 5.91 Å². The van der Waals surface area contributed by atoms with Crippen LogP contribution in [0.25, 0.3) is 0 Å². The van der Waals surface area contributed by atoms with E-state index in [1.807, 2.05) is 0 Å². The summed E-state index contributed by atoms with van der Waals surface area (Å²) in [5.41, 5.74) is 1.03. The van der Waals surface area contributed by atoms with E-state index < -0.39 is 5.97 Å². The zero-order chi connectivity index (χ0) is 15.2. The SMILES string of the molecule is COC(=O)c1ccc(NC(=O)CCN2CCSC2=O)cc1. The topological polar surface area (TPSA) is 75.7 Å². The highest BCUT2D eigenvalue weighted by Crippen LogP contribution is 2.17. The van der Waals surface area contributed by atoms with Crippen LogP contribution in [0, 0.1) is 0 Å². The molecule has 1 aromatic carbocycles. The van der Waals surface area contributed by atoms with Gasteiger partial charge in [-0.05, 0) is 24.3 Å². The fourth-order valence-electron chi connectivity index (χ4n) is 1.90. The molecule has 1 aromatic rings. The molecule has 0 saturated carbocycles. The van der Waals surface area contributed by atoms with Crippen molar-refractivity contribution >= 4 is 34.6 Å². The number of anilines is 1. The molecule has 0 radical (unpaired) electrons. The van der Waals surface area contributed by atoms with E-state index in [1.165, 1.54) is 18.9 Å². The average molecular weight is 308 g/mol. The molecule has 1 aliphatic heterocycles. The number of nitrogens with zero attached hydrogens (tertiary/aromatic N) is 1. The minimum absolute atomic E-state index is 0.0326. The molecule has 2 rings (SSSR count). The molecule has 0 atom stereocenters. The summed E-state index contributed by atoms with van der Waals surface area (Å²) in [6, 6.07) is 6.45. The van der Waals surface area contributed by atoms with Crippen LogP contribution < -0.4 is 5.32 Å². The molecule has 112 valence electrons. The lowest BCUT2D eigenvalue weighted by atomic mass is 10.2. The van der Waals surface area contributed by atoms with E-state index in [2.05, 4.69) is 10.1 Å². The number of amides is 2. The summed E-state index contributed by atoms with van der Waals surface area (Å²) in [4.78, 5) is 36.1. The van der Waals surface area contributed by atoms with Crippen LogP contribution in [0.4, 0.5) is 10.5 Å². The van der Waals surface area contributed by atoms with Gasteiger partial charge in [0.15, 0.2) is 0 Å². The number of methoxy groups -OCH3 is 1. The normalized spacial score (nSPS) is 14.1. The number of carbonyl (C=O) groups is 3. The zero-order valence-electron chi connectivity index (χ0n) is 11.6. The molecular formula is C14H16N2O4S. The molecule has 2 amide bonds. The first-order chi connectivity index (χ1) is 10.1. The Labute approximate surface area is 126 Å². The second-order valence-electron chi connectivity index (χ2n) is 4.47. The Morgan fingerprint density at radius 3 is 2.62 bits per heavy atom. The van der Waals surface area contributed by atoms with Gasteiger partial charge in [0.25, 0.3) is 5.24 Å². The molecule has 0 aliphatic carbocycles. The highest BCUT2D eigenvalue weighted by Gasteiger charge is 2.21. The van der Waals surface area contributed by atoms with Crippen molar-refractivity contribution in [3.8, 4) is 0 Å². The second-order valence-corrected chi connectivity index (χ2v) is 5.51. The number of esters is 1. The Morgan fingerprint density at radius 2 is 2.05 bits per heavy atom. The molecule has 21 heavy (non-hydrogen) atoms.